The average molecular weight is 286 g/mol. The lowest BCUT2D eigenvalue weighted by molar-refractivity contribution is 0.0941. The second-order valence-corrected chi connectivity index (χ2v) is 5.73. The number of pyridine rings is 1. The van der Waals surface area contributed by atoms with Crippen molar-refractivity contribution >= 4 is 16.8 Å². The average Bonchev–Trinajstić information content (AvgIpc) is 2.43. The lowest BCUT2D eigenvalue weighted by Crippen LogP contribution is -2.29. The normalized spacial score (nSPS) is 13.9. The molecule has 0 saturated heterocycles. The number of para-hydroxylation sites is 1. The van der Waals surface area contributed by atoms with Crippen LogP contribution in [0.1, 0.15) is 36.3 Å². The third-order valence-corrected chi connectivity index (χ3v) is 3.44. The molecule has 0 aliphatic carbocycles. The van der Waals surface area contributed by atoms with E-state index in [9.17, 15) is 9.90 Å². The molecule has 1 heterocycles. The molecule has 0 saturated carbocycles. The summed E-state index contributed by atoms with van der Waals surface area (Å²) in [7, 11) is 0. The maximum absolute atomic E-state index is 12.4. The molecule has 1 aromatic heterocycles. The zero-order valence-corrected chi connectivity index (χ0v) is 12.8. The topological polar surface area (TPSA) is 62.2 Å². The van der Waals surface area contributed by atoms with Crippen LogP contribution in [0.25, 0.3) is 10.9 Å². The van der Waals surface area contributed by atoms with Gasteiger partial charge in [-0.15, -0.1) is 0 Å². The Labute approximate surface area is 125 Å². The molecule has 0 radical (unpaired) electrons. The monoisotopic (exact) mass is 286 g/mol. The molecule has 2 N–H and O–H groups in total. The molecule has 0 aliphatic rings. The van der Waals surface area contributed by atoms with Crippen molar-refractivity contribution in [3.8, 4) is 0 Å². The molecule has 1 amide bonds. The van der Waals surface area contributed by atoms with E-state index in [2.05, 4.69) is 10.3 Å². The summed E-state index contributed by atoms with van der Waals surface area (Å²) >= 11 is 0. The van der Waals surface area contributed by atoms with Crippen LogP contribution >= 0.6 is 0 Å². The first-order valence-corrected chi connectivity index (χ1v) is 7.30. The van der Waals surface area contributed by atoms with Gasteiger partial charge in [0, 0.05) is 17.6 Å². The summed E-state index contributed by atoms with van der Waals surface area (Å²) in [5.41, 5.74) is 2.32. The van der Waals surface area contributed by atoms with Crippen LogP contribution in [0.15, 0.2) is 30.3 Å². The first kappa shape index (κ1) is 15.4. The van der Waals surface area contributed by atoms with Gasteiger partial charge in [0.05, 0.1) is 17.2 Å². The van der Waals surface area contributed by atoms with Gasteiger partial charge in [-0.25, -0.2) is 0 Å². The van der Waals surface area contributed by atoms with E-state index in [1.807, 2.05) is 44.2 Å². The number of aryl methyl sites for hydroxylation is 1. The lowest BCUT2D eigenvalue weighted by atomic mass is 10.0. The number of nitrogens with one attached hydrogen (secondary N) is 1. The molecule has 0 aliphatic heterocycles. The van der Waals surface area contributed by atoms with Crippen LogP contribution in [0, 0.1) is 12.8 Å². The van der Waals surface area contributed by atoms with Gasteiger partial charge in [-0.2, -0.15) is 0 Å². The summed E-state index contributed by atoms with van der Waals surface area (Å²) in [6.45, 7) is 6.22. The molecule has 0 spiro atoms. The van der Waals surface area contributed by atoms with Gasteiger partial charge < -0.3 is 10.4 Å². The molecule has 2 atom stereocenters. The minimum absolute atomic E-state index is 0.0888. The molecule has 4 heteroatoms. The Kier molecular flexibility index (Phi) is 4.91. The Morgan fingerprint density at radius 1 is 1.33 bits per heavy atom. The van der Waals surface area contributed by atoms with Crippen molar-refractivity contribution in [1.29, 1.82) is 0 Å². The zero-order valence-electron chi connectivity index (χ0n) is 12.8. The fourth-order valence-electron chi connectivity index (χ4n) is 2.52. The van der Waals surface area contributed by atoms with Crippen molar-refractivity contribution in [3.05, 3.63) is 41.6 Å². The maximum atomic E-state index is 12.4. The lowest BCUT2D eigenvalue weighted by Gasteiger charge is -2.15. The highest BCUT2D eigenvalue weighted by molar-refractivity contribution is 6.06. The molecular weight excluding hydrogens is 264 g/mol. The number of benzene rings is 1. The third kappa shape index (κ3) is 4.02. The van der Waals surface area contributed by atoms with Crippen LogP contribution in [0.4, 0.5) is 0 Å². The molecule has 2 aromatic rings. The summed E-state index contributed by atoms with van der Waals surface area (Å²) < 4.78 is 0. The number of nitrogens with zero attached hydrogens (tertiary/aromatic N) is 1. The van der Waals surface area contributed by atoms with Gasteiger partial charge in [0.2, 0.25) is 0 Å². The van der Waals surface area contributed by atoms with E-state index in [-0.39, 0.29) is 17.9 Å². The fourth-order valence-corrected chi connectivity index (χ4v) is 2.52. The Morgan fingerprint density at radius 3 is 2.76 bits per heavy atom. The third-order valence-electron chi connectivity index (χ3n) is 3.44. The van der Waals surface area contributed by atoms with Gasteiger partial charge in [0.1, 0.15) is 0 Å². The number of hydrogen-bond acceptors (Lipinski definition) is 3. The molecule has 2 rings (SSSR count). The van der Waals surface area contributed by atoms with E-state index in [0.29, 0.717) is 18.5 Å². The summed E-state index contributed by atoms with van der Waals surface area (Å²) in [6, 6.07) is 9.47. The van der Waals surface area contributed by atoms with E-state index < -0.39 is 0 Å². The zero-order chi connectivity index (χ0) is 15.4. The van der Waals surface area contributed by atoms with Crippen LogP contribution in [0.3, 0.4) is 0 Å². The fraction of sp³-hybridized carbons (Fsp3) is 0.412. The predicted molar refractivity (Wildman–Crippen MR) is 84.3 cm³/mol. The number of fused-ring (bicyclic) bond motifs is 1. The first-order chi connectivity index (χ1) is 9.97. The van der Waals surface area contributed by atoms with E-state index in [0.717, 1.165) is 16.6 Å². The van der Waals surface area contributed by atoms with E-state index in [1.165, 1.54) is 0 Å². The number of amides is 1. The van der Waals surface area contributed by atoms with Gasteiger partial charge in [0.15, 0.2) is 0 Å². The van der Waals surface area contributed by atoms with Crippen LogP contribution in [0.5, 0.6) is 0 Å². The summed E-state index contributed by atoms with van der Waals surface area (Å²) in [5, 5.41) is 13.2. The number of hydrogen-bond donors (Lipinski definition) is 2. The SMILES string of the molecule is Cc1cc(C(=O)NC[C@@H](C)C[C@@H](C)O)c2ccccc2n1. The van der Waals surface area contributed by atoms with Crippen LogP contribution < -0.4 is 5.32 Å². The van der Waals surface area contributed by atoms with Crippen molar-refractivity contribution < 1.29 is 9.90 Å². The number of rotatable bonds is 5. The number of aliphatic hydroxyl groups excluding tert-OH is 1. The largest absolute Gasteiger partial charge is 0.393 e. The maximum Gasteiger partial charge on any atom is 0.252 e. The van der Waals surface area contributed by atoms with Gasteiger partial charge in [0.25, 0.3) is 5.91 Å². The van der Waals surface area contributed by atoms with Gasteiger partial charge in [-0.05, 0) is 38.3 Å². The van der Waals surface area contributed by atoms with Gasteiger partial charge in [-0.3, -0.25) is 9.78 Å². The van der Waals surface area contributed by atoms with Crippen molar-refractivity contribution in [2.24, 2.45) is 5.92 Å². The minimum Gasteiger partial charge on any atom is -0.393 e. The molecule has 0 unspecified atom stereocenters. The second-order valence-electron chi connectivity index (χ2n) is 5.73. The Balaban J connectivity index is 2.16. The molecule has 0 fully saturated rings. The van der Waals surface area contributed by atoms with Crippen molar-refractivity contribution in [3.63, 3.8) is 0 Å². The highest BCUT2D eigenvalue weighted by Gasteiger charge is 2.13. The van der Waals surface area contributed by atoms with Gasteiger partial charge in [-0.1, -0.05) is 25.1 Å². The molecule has 1 aromatic carbocycles. The van der Waals surface area contributed by atoms with E-state index in [4.69, 9.17) is 0 Å². The molecule has 112 valence electrons. The Morgan fingerprint density at radius 2 is 2.05 bits per heavy atom. The van der Waals surface area contributed by atoms with E-state index in [1.54, 1.807) is 6.92 Å². The summed E-state index contributed by atoms with van der Waals surface area (Å²) in [4.78, 5) is 16.8. The quantitative estimate of drug-likeness (QED) is 0.888. The van der Waals surface area contributed by atoms with Crippen molar-refractivity contribution in [1.82, 2.24) is 10.3 Å². The highest BCUT2D eigenvalue weighted by atomic mass is 16.3. The first-order valence-electron chi connectivity index (χ1n) is 7.30. The van der Waals surface area contributed by atoms with Crippen LogP contribution in [-0.2, 0) is 0 Å². The molecule has 21 heavy (non-hydrogen) atoms. The van der Waals surface area contributed by atoms with Crippen molar-refractivity contribution in [2.45, 2.75) is 33.3 Å². The standard InChI is InChI=1S/C17H22N2O2/c1-11(8-13(3)20)10-18-17(21)15-9-12(2)19-16-7-5-4-6-14(15)16/h4-7,9,11,13,20H,8,10H2,1-3H3,(H,18,21)/t11-,13+/m0/s1. The Hall–Kier alpha value is -1.94. The van der Waals surface area contributed by atoms with Gasteiger partial charge >= 0.3 is 0 Å². The minimum atomic E-state index is -0.346. The predicted octanol–water partition coefficient (Wildman–Crippen LogP) is 2.68. The highest BCUT2D eigenvalue weighted by Crippen LogP contribution is 2.18. The number of aromatic nitrogens is 1. The summed E-state index contributed by atoms with van der Waals surface area (Å²) in [5.74, 6) is 0.150. The molecule has 4 nitrogen and oxygen atoms in total. The second kappa shape index (κ2) is 6.68. The molecule has 0 bridgehead atoms. The number of carbonyl (C=O) groups excluding carboxylic acids is 1. The number of carbonyl (C=O) groups is 1. The van der Waals surface area contributed by atoms with Crippen molar-refractivity contribution in [2.75, 3.05) is 6.54 Å². The van der Waals surface area contributed by atoms with E-state index >= 15 is 0 Å². The number of aliphatic hydroxyl groups is 1. The molecular formula is C17H22N2O2. The van der Waals surface area contributed by atoms with Crippen LogP contribution in [-0.4, -0.2) is 28.6 Å². The summed E-state index contributed by atoms with van der Waals surface area (Å²) in [6.07, 6.45) is 0.331. The van der Waals surface area contributed by atoms with Crippen LogP contribution in [0.2, 0.25) is 0 Å². The Bertz CT molecular complexity index is 638. The smallest absolute Gasteiger partial charge is 0.252 e.